The molecular formula is C16H19N3O2. The molecule has 0 saturated carbocycles. The summed E-state index contributed by atoms with van der Waals surface area (Å²) in [6, 6.07) is 7.00. The Morgan fingerprint density at radius 3 is 2.67 bits per heavy atom. The van der Waals surface area contributed by atoms with Gasteiger partial charge in [-0.1, -0.05) is 26.0 Å². The molecule has 0 bridgehead atoms. The first kappa shape index (κ1) is 15.0. The molecule has 5 nitrogen and oxygen atoms in total. The number of rotatable bonds is 5. The van der Waals surface area contributed by atoms with Crippen LogP contribution in [0.25, 0.3) is 0 Å². The lowest BCUT2D eigenvalue weighted by atomic mass is 10.1. The summed E-state index contributed by atoms with van der Waals surface area (Å²) in [5, 5.41) is 2.79. The topological polar surface area (TPSA) is 64.0 Å². The van der Waals surface area contributed by atoms with Crippen molar-refractivity contribution in [3.05, 3.63) is 48.0 Å². The lowest BCUT2D eigenvalue weighted by Gasteiger charge is -2.12. The number of Topliss-reactive ketones (excluding diaryl/α,β-unsaturated/α-hetero) is 1. The number of hydrogen-bond donors (Lipinski definition) is 1. The number of anilines is 1. The van der Waals surface area contributed by atoms with Crippen LogP contribution in [0.4, 0.5) is 5.69 Å². The van der Waals surface area contributed by atoms with Crippen molar-refractivity contribution in [3.8, 4) is 0 Å². The molecule has 0 fully saturated rings. The summed E-state index contributed by atoms with van der Waals surface area (Å²) < 4.78 is 1.82. The Kier molecular flexibility index (Phi) is 4.52. The van der Waals surface area contributed by atoms with E-state index in [1.54, 1.807) is 36.7 Å². The van der Waals surface area contributed by atoms with E-state index < -0.39 is 0 Å². The zero-order chi connectivity index (χ0) is 15.4. The van der Waals surface area contributed by atoms with Gasteiger partial charge in [0, 0.05) is 23.9 Å². The van der Waals surface area contributed by atoms with E-state index in [2.05, 4.69) is 10.3 Å². The molecule has 0 saturated heterocycles. The maximum absolute atomic E-state index is 12.2. The molecule has 2 rings (SSSR count). The molecule has 0 aliphatic rings. The number of carbonyl (C=O) groups is 2. The zero-order valence-electron chi connectivity index (χ0n) is 12.5. The second-order valence-corrected chi connectivity index (χ2v) is 5.22. The molecule has 1 amide bonds. The van der Waals surface area contributed by atoms with E-state index in [4.69, 9.17) is 0 Å². The van der Waals surface area contributed by atoms with E-state index in [1.165, 1.54) is 6.92 Å². The average Bonchev–Trinajstić information content (AvgIpc) is 2.87. The van der Waals surface area contributed by atoms with Gasteiger partial charge < -0.3 is 9.88 Å². The van der Waals surface area contributed by atoms with Gasteiger partial charge in [0.1, 0.15) is 12.4 Å². The number of carbonyl (C=O) groups excluding carboxylic acids is 2. The van der Waals surface area contributed by atoms with Gasteiger partial charge in [-0.05, 0) is 19.1 Å². The Labute approximate surface area is 124 Å². The largest absolute Gasteiger partial charge is 0.325 e. The molecule has 5 heteroatoms. The van der Waals surface area contributed by atoms with Gasteiger partial charge in [-0.2, -0.15) is 0 Å². The van der Waals surface area contributed by atoms with Crippen molar-refractivity contribution in [1.82, 2.24) is 9.55 Å². The van der Waals surface area contributed by atoms with E-state index in [0.717, 1.165) is 5.82 Å². The van der Waals surface area contributed by atoms with E-state index in [9.17, 15) is 9.59 Å². The summed E-state index contributed by atoms with van der Waals surface area (Å²) in [4.78, 5) is 28.0. The van der Waals surface area contributed by atoms with Crippen LogP contribution in [0.2, 0.25) is 0 Å². The number of amides is 1. The molecule has 0 radical (unpaired) electrons. The van der Waals surface area contributed by atoms with Crippen molar-refractivity contribution >= 4 is 17.4 Å². The maximum Gasteiger partial charge on any atom is 0.244 e. The standard InChI is InChI=1S/C16H19N3O2/c1-11(2)16-17-8-9-19(16)10-15(21)18-14-7-5-4-6-13(14)12(3)20/h4-9,11H,10H2,1-3H3,(H,18,21). The van der Waals surface area contributed by atoms with Gasteiger partial charge in [0.05, 0.1) is 5.69 Å². The number of nitrogens with one attached hydrogen (secondary N) is 1. The minimum atomic E-state index is -0.177. The Balaban J connectivity index is 2.12. The molecule has 0 aliphatic carbocycles. The molecule has 0 unspecified atom stereocenters. The van der Waals surface area contributed by atoms with Crippen LogP contribution in [-0.4, -0.2) is 21.2 Å². The molecular weight excluding hydrogens is 266 g/mol. The van der Waals surface area contributed by atoms with E-state index in [0.29, 0.717) is 11.3 Å². The number of benzene rings is 1. The first-order valence-corrected chi connectivity index (χ1v) is 6.90. The fraction of sp³-hybridized carbons (Fsp3) is 0.312. The van der Waals surface area contributed by atoms with E-state index in [-0.39, 0.29) is 24.2 Å². The Bertz CT molecular complexity index is 659. The van der Waals surface area contributed by atoms with Crippen molar-refractivity contribution < 1.29 is 9.59 Å². The average molecular weight is 285 g/mol. The second-order valence-electron chi connectivity index (χ2n) is 5.22. The Morgan fingerprint density at radius 1 is 1.29 bits per heavy atom. The molecule has 0 aliphatic heterocycles. The highest BCUT2D eigenvalue weighted by molar-refractivity contribution is 6.03. The van der Waals surface area contributed by atoms with Crippen LogP contribution in [-0.2, 0) is 11.3 Å². The van der Waals surface area contributed by atoms with Crippen LogP contribution >= 0.6 is 0 Å². The normalized spacial score (nSPS) is 10.7. The van der Waals surface area contributed by atoms with Crippen molar-refractivity contribution in [2.24, 2.45) is 0 Å². The first-order valence-electron chi connectivity index (χ1n) is 6.90. The summed E-state index contributed by atoms with van der Waals surface area (Å²) in [5.74, 6) is 0.863. The Morgan fingerprint density at radius 2 is 2.00 bits per heavy atom. The van der Waals surface area contributed by atoms with Crippen molar-refractivity contribution in [1.29, 1.82) is 0 Å². The smallest absolute Gasteiger partial charge is 0.244 e. The molecule has 1 N–H and O–H groups in total. The second kappa shape index (κ2) is 6.35. The van der Waals surface area contributed by atoms with Crippen molar-refractivity contribution in [3.63, 3.8) is 0 Å². The summed E-state index contributed by atoms with van der Waals surface area (Å²) in [5.41, 5.74) is 1.06. The quantitative estimate of drug-likeness (QED) is 0.859. The summed E-state index contributed by atoms with van der Waals surface area (Å²) >= 11 is 0. The van der Waals surface area contributed by atoms with E-state index in [1.807, 2.05) is 18.4 Å². The van der Waals surface area contributed by atoms with Crippen LogP contribution in [0.1, 0.15) is 42.9 Å². The van der Waals surface area contributed by atoms with E-state index >= 15 is 0 Å². The van der Waals surface area contributed by atoms with Crippen molar-refractivity contribution in [2.75, 3.05) is 5.32 Å². The maximum atomic E-state index is 12.2. The van der Waals surface area contributed by atoms with Crippen LogP contribution in [0.3, 0.4) is 0 Å². The van der Waals surface area contributed by atoms with Gasteiger partial charge >= 0.3 is 0 Å². The van der Waals surface area contributed by atoms with Gasteiger partial charge in [0.15, 0.2) is 5.78 Å². The summed E-state index contributed by atoms with van der Waals surface area (Å²) in [6.45, 7) is 5.72. The zero-order valence-corrected chi connectivity index (χ0v) is 12.5. The van der Waals surface area contributed by atoms with Gasteiger partial charge in [-0.15, -0.1) is 0 Å². The lowest BCUT2D eigenvalue weighted by molar-refractivity contribution is -0.116. The monoisotopic (exact) mass is 285 g/mol. The highest BCUT2D eigenvalue weighted by atomic mass is 16.2. The summed E-state index contributed by atoms with van der Waals surface area (Å²) in [7, 11) is 0. The third-order valence-corrected chi connectivity index (χ3v) is 3.16. The molecule has 1 heterocycles. The number of para-hydroxylation sites is 1. The first-order chi connectivity index (χ1) is 9.99. The third kappa shape index (κ3) is 3.56. The molecule has 0 atom stereocenters. The summed E-state index contributed by atoms with van der Waals surface area (Å²) in [6.07, 6.45) is 3.47. The molecule has 1 aromatic carbocycles. The van der Waals surface area contributed by atoms with Crippen LogP contribution in [0, 0.1) is 0 Å². The van der Waals surface area contributed by atoms with Gasteiger partial charge in [-0.25, -0.2) is 4.98 Å². The van der Waals surface area contributed by atoms with Crippen LogP contribution in [0.15, 0.2) is 36.7 Å². The minimum Gasteiger partial charge on any atom is -0.325 e. The van der Waals surface area contributed by atoms with Gasteiger partial charge in [0.2, 0.25) is 5.91 Å². The predicted molar refractivity (Wildman–Crippen MR) is 81.4 cm³/mol. The fourth-order valence-electron chi connectivity index (χ4n) is 2.20. The lowest BCUT2D eigenvalue weighted by Crippen LogP contribution is -2.21. The number of hydrogen-bond acceptors (Lipinski definition) is 3. The van der Waals surface area contributed by atoms with Crippen LogP contribution < -0.4 is 5.32 Å². The van der Waals surface area contributed by atoms with Gasteiger partial charge in [0.25, 0.3) is 0 Å². The fourth-order valence-corrected chi connectivity index (χ4v) is 2.20. The number of imidazole rings is 1. The SMILES string of the molecule is CC(=O)c1ccccc1NC(=O)Cn1ccnc1C(C)C. The number of aromatic nitrogens is 2. The Hall–Kier alpha value is -2.43. The molecule has 21 heavy (non-hydrogen) atoms. The molecule has 0 spiro atoms. The van der Waals surface area contributed by atoms with Crippen LogP contribution in [0.5, 0.6) is 0 Å². The minimum absolute atomic E-state index is 0.0728. The predicted octanol–water partition coefficient (Wildman–Crippen LogP) is 2.85. The molecule has 1 aromatic heterocycles. The third-order valence-electron chi connectivity index (χ3n) is 3.16. The van der Waals surface area contributed by atoms with Crippen molar-refractivity contribution in [2.45, 2.75) is 33.2 Å². The van der Waals surface area contributed by atoms with Gasteiger partial charge in [-0.3, -0.25) is 9.59 Å². The molecule has 2 aromatic rings. The highest BCUT2D eigenvalue weighted by Gasteiger charge is 2.13. The number of ketones is 1. The number of nitrogens with zero attached hydrogens (tertiary/aromatic N) is 2. The highest BCUT2D eigenvalue weighted by Crippen LogP contribution is 2.16. The molecule has 110 valence electrons.